The fourth-order valence-electron chi connectivity index (χ4n) is 2.76. The average molecular weight is 254 g/mol. The van der Waals surface area contributed by atoms with Crippen molar-refractivity contribution >= 4 is 0 Å². The smallest absolute Gasteiger partial charge is 0.126 e. The van der Waals surface area contributed by atoms with Crippen LogP contribution in [0.1, 0.15) is 18.1 Å². The summed E-state index contributed by atoms with van der Waals surface area (Å²) in [5.74, 6) is 1.81. The number of benzene rings is 2. The average Bonchev–Trinajstić information content (AvgIpc) is 2.77. The van der Waals surface area contributed by atoms with E-state index in [1.807, 2.05) is 12.1 Å². The van der Waals surface area contributed by atoms with Crippen LogP contribution in [-0.4, -0.2) is 13.7 Å². The number of rotatable bonds is 3. The van der Waals surface area contributed by atoms with E-state index in [0.29, 0.717) is 0 Å². The highest BCUT2D eigenvalue weighted by atomic mass is 16.5. The standard InChI is InChI=1S/C17H18O2/c1-17(11-13-6-4-3-5-7-13)12-19-16-10-14(18-2)8-9-15(16)17/h3-10H,11-12H2,1-2H3/t17-/m1/s1. The van der Waals surface area contributed by atoms with Crippen molar-refractivity contribution in [2.24, 2.45) is 0 Å². The Labute approximate surface area is 114 Å². The highest BCUT2D eigenvalue weighted by Gasteiger charge is 2.36. The molecule has 98 valence electrons. The molecule has 3 rings (SSSR count). The molecular formula is C17H18O2. The number of methoxy groups -OCH3 is 1. The van der Waals surface area contributed by atoms with Crippen LogP contribution in [0.5, 0.6) is 11.5 Å². The Bertz CT molecular complexity index is 577. The van der Waals surface area contributed by atoms with Gasteiger partial charge in [0.1, 0.15) is 11.5 Å². The summed E-state index contributed by atoms with van der Waals surface area (Å²) in [6.45, 7) is 2.99. The van der Waals surface area contributed by atoms with Gasteiger partial charge in [0.05, 0.1) is 13.7 Å². The van der Waals surface area contributed by atoms with Gasteiger partial charge in [-0.15, -0.1) is 0 Å². The molecular weight excluding hydrogens is 236 g/mol. The van der Waals surface area contributed by atoms with Gasteiger partial charge in [-0.05, 0) is 18.1 Å². The zero-order valence-corrected chi connectivity index (χ0v) is 11.3. The van der Waals surface area contributed by atoms with Crippen molar-refractivity contribution in [3.05, 3.63) is 59.7 Å². The molecule has 19 heavy (non-hydrogen) atoms. The van der Waals surface area contributed by atoms with E-state index in [0.717, 1.165) is 24.5 Å². The highest BCUT2D eigenvalue weighted by Crippen LogP contribution is 2.42. The van der Waals surface area contributed by atoms with Crippen LogP contribution in [0.15, 0.2) is 48.5 Å². The minimum atomic E-state index is 0.0446. The van der Waals surface area contributed by atoms with Crippen molar-refractivity contribution in [1.82, 2.24) is 0 Å². The van der Waals surface area contributed by atoms with Crippen LogP contribution in [0.25, 0.3) is 0 Å². The zero-order valence-electron chi connectivity index (χ0n) is 11.3. The van der Waals surface area contributed by atoms with E-state index in [4.69, 9.17) is 9.47 Å². The van der Waals surface area contributed by atoms with Crippen molar-refractivity contribution < 1.29 is 9.47 Å². The van der Waals surface area contributed by atoms with Crippen LogP contribution >= 0.6 is 0 Å². The maximum Gasteiger partial charge on any atom is 0.126 e. The Morgan fingerprint density at radius 3 is 2.68 bits per heavy atom. The van der Waals surface area contributed by atoms with Gasteiger partial charge in [0.15, 0.2) is 0 Å². The first-order chi connectivity index (χ1) is 9.21. The second kappa shape index (κ2) is 4.61. The molecule has 2 heteroatoms. The van der Waals surface area contributed by atoms with Gasteiger partial charge < -0.3 is 9.47 Å². The first kappa shape index (κ1) is 12.1. The quantitative estimate of drug-likeness (QED) is 0.833. The SMILES string of the molecule is COc1ccc2c(c1)OC[C@@]2(C)Cc1ccccc1. The van der Waals surface area contributed by atoms with Crippen LogP contribution in [0.3, 0.4) is 0 Å². The molecule has 0 N–H and O–H groups in total. The Morgan fingerprint density at radius 2 is 1.95 bits per heavy atom. The van der Waals surface area contributed by atoms with E-state index in [1.165, 1.54) is 11.1 Å². The molecule has 1 aliphatic rings. The predicted octanol–water partition coefficient (Wildman–Crippen LogP) is 3.59. The van der Waals surface area contributed by atoms with Crippen molar-refractivity contribution in [3.63, 3.8) is 0 Å². The van der Waals surface area contributed by atoms with Gasteiger partial charge in [-0.25, -0.2) is 0 Å². The molecule has 0 bridgehead atoms. The summed E-state index contributed by atoms with van der Waals surface area (Å²) >= 11 is 0. The van der Waals surface area contributed by atoms with Gasteiger partial charge in [-0.2, -0.15) is 0 Å². The number of ether oxygens (including phenoxy) is 2. The minimum absolute atomic E-state index is 0.0446. The lowest BCUT2D eigenvalue weighted by Crippen LogP contribution is -2.26. The molecule has 0 amide bonds. The first-order valence-electron chi connectivity index (χ1n) is 6.56. The molecule has 2 nitrogen and oxygen atoms in total. The summed E-state index contributed by atoms with van der Waals surface area (Å²) in [4.78, 5) is 0. The molecule has 1 atom stereocenters. The van der Waals surface area contributed by atoms with Crippen LogP contribution < -0.4 is 9.47 Å². The van der Waals surface area contributed by atoms with Crippen molar-refractivity contribution in [3.8, 4) is 11.5 Å². The number of fused-ring (bicyclic) bond motifs is 1. The molecule has 2 aromatic rings. The lowest BCUT2D eigenvalue weighted by Gasteiger charge is -2.22. The van der Waals surface area contributed by atoms with E-state index < -0.39 is 0 Å². The van der Waals surface area contributed by atoms with Gasteiger partial charge in [-0.3, -0.25) is 0 Å². The summed E-state index contributed by atoms with van der Waals surface area (Å²) in [5.41, 5.74) is 2.66. The largest absolute Gasteiger partial charge is 0.497 e. The molecule has 0 spiro atoms. The van der Waals surface area contributed by atoms with Gasteiger partial charge in [0.2, 0.25) is 0 Å². The molecule has 0 aromatic heterocycles. The van der Waals surface area contributed by atoms with E-state index in [-0.39, 0.29) is 5.41 Å². The molecule has 1 aliphatic heterocycles. The van der Waals surface area contributed by atoms with Crippen molar-refractivity contribution in [1.29, 1.82) is 0 Å². The Hall–Kier alpha value is -1.96. The van der Waals surface area contributed by atoms with E-state index in [1.54, 1.807) is 7.11 Å². The second-order valence-electron chi connectivity index (χ2n) is 5.37. The predicted molar refractivity (Wildman–Crippen MR) is 76.0 cm³/mol. The van der Waals surface area contributed by atoms with Crippen molar-refractivity contribution in [2.45, 2.75) is 18.8 Å². The molecule has 0 fully saturated rings. The third-order valence-corrected chi connectivity index (χ3v) is 3.82. The summed E-state index contributed by atoms with van der Waals surface area (Å²) in [6.07, 6.45) is 0.993. The molecule has 2 aromatic carbocycles. The topological polar surface area (TPSA) is 18.5 Å². The third-order valence-electron chi connectivity index (χ3n) is 3.82. The summed E-state index contributed by atoms with van der Waals surface area (Å²) < 4.78 is 11.1. The van der Waals surface area contributed by atoms with Crippen LogP contribution in [-0.2, 0) is 11.8 Å². The van der Waals surface area contributed by atoms with Gasteiger partial charge >= 0.3 is 0 Å². The first-order valence-corrected chi connectivity index (χ1v) is 6.56. The molecule has 1 heterocycles. The van der Waals surface area contributed by atoms with Crippen LogP contribution in [0, 0.1) is 0 Å². The van der Waals surface area contributed by atoms with Gasteiger partial charge in [-0.1, -0.05) is 43.3 Å². The van der Waals surface area contributed by atoms with Crippen LogP contribution in [0.2, 0.25) is 0 Å². The van der Waals surface area contributed by atoms with Crippen LogP contribution in [0.4, 0.5) is 0 Å². The molecule has 0 aliphatic carbocycles. The summed E-state index contributed by atoms with van der Waals surface area (Å²) in [6, 6.07) is 16.7. The van der Waals surface area contributed by atoms with Gasteiger partial charge in [0, 0.05) is 17.0 Å². The number of hydrogen-bond acceptors (Lipinski definition) is 2. The lowest BCUT2D eigenvalue weighted by molar-refractivity contribution is 0.276. The zero-order chi connectivity index (χ0) is 13.3. The maximum atomic E-state index is 5.85. The highest BCUT2D eigenvalue weighted by molar-refractivity contribution is 5.48. The lowest BCUT2D eigenvalue weighted by atomic mass is 9.79. The number of hydrogen-bond donors (Lipinski definition) is 0. The fraction of sp³-hybridized carbons (Fsp3) is 0.294. The van der Waals surface area contributed by atoms with E-state index >= 15 is 0 Å². The molecule has 0 saturated carbocycles. The van der Waals surface area contributed by atoms with Gasteiger partial charge in [0.25, 0.3) is 0 Å². The Kier molecular flexibility index (Phi) is 2.94. The summed E-state index contributed by atoms with van der Waals surface area (Å²) in [5, 5.41) is 0. The van der Waals surface area contributed by atoms with E-state index in [9.17, 15) is 0 Å². The fourth-order valence-corrected chi connectivity index (χ4v) is 2.76. The molecule has 0 unspecified atom stereocenters. The Balaban J connectivity index is 1.92. The minimum Gasteiger partial charge on any atom is -0.497 e. The second-order valence-corrected chi connectivity index (χ2v) is 5.37. The summed E-state index contributed by atoms with van der Waals surface area (Å²) in [7, 11) is 1.68. The third kappa shape index (κ3) is 2.19. The maximum absolute atomic E-state index is 5.85. The van der Waals surface area contributed by atoms with E-state index in [2.05, 4.69) is 43.3 Å². The normalized spacial score (nSPS) is 20.7. The Morgan fingerprint density at radius 1 is 1.16 bits per heavy atom. The molecule has 0 saturated heterocycles. The van der Waals surface area contributed by atoms with Crippen molar-refractivity contribution in [2.75, 3.05) is 13.7 Å². The molecule has 0 radical (unpaired) electrons. The monoisotopic (exact) mass is 254 g/mol.